The summed E-state index contributed by atoms with van der Waals surface area (Å²) in [5.74, 6) is -4.17. The van der Waals surface area contributed by atoms with Gasteiger partial charge < -0.3 is 28.3 Å². The molecule has 12 heteroatoms. The number of ether oxygens (including phenoxy) is 5. The van der Waals surface area contributed by atoms with Gasteiger partial charge in [-0.1, -0.05) is 37.3 Å². The van der Waals surface area contributed by atoms with Crippen LogP contribution in [0.15, 0.2) is 48.7 Å². The van der Waals surface area contributed by atoms with Gasteiger partial charge in [-0.3, -0.25) is 24.0 Å². The molecule has 228 valence electrons. The summed E-state index contributed by atoms with van der Waals surface area (Å²) in [6.45, 7) is 6.07. The molecule has 0 saturated carbocycles. The van der Waals surface area contributed by atoms with E-state index in [-0.39, 0.29) is 16.5 Å². The van der Waals surface area contributed by atoms with Gasteiger partial charge >= 0.3 is 23.9 Å². The summed E-state index contributed by atoms with van der Waals surface area (Å²) < 4.78 is 44.7. The minimum atomic E-state index is -1.44. The summed E-state index contributed by atoms with van der Waals surface area (Å²) in [6, 6.07) is 11.1. The summed E-state index contributed by atoms with van der Waals surface area (Å²) in [5.41, 5.74) is 1.54. The van der Waals surface area contributed by atoms with E-state index >= 15 is 4.39 Å². The quantitative estimate of drug-likeness (QED) is 0.203. The smallest absolute Gasteiger partial charge is 0.303 e. The molecular formula is C31H32FNO10. The Kier molecular flexibility index (Phi) is 9.59. The molecule has 0 radical (unpaired) electrons. The van der Waals surface area contributed by atoms with E-state index in [4.69, 9.17) is 23.7 Å². The van der Waals surface area contributed by atoms with Gasteiger partial charge in [-0.25, -0.2) is 4.39 Å². The van der Waals surface area contributed by atoms with Crippen LogP contribution >= 0.6 is 0 Å². The Morgan fingerprint density at radius 2 is 1.42 bits per heavy atom. The van der Waals surface area contributed by atoms with Crippen LogP contribution in [0.25, 0.3) is 10.9 Å². The van der Waals surface area contributed by atoms with Crippen LogP contribution in [0, 0.1) is 5.82 Å². The number of ketones is 1. The van der Waals surface area contributed by atoms with Crippen molar-refractivity contribution in [3.05, 3.63) is 71.2 Å². The molecule has 1 fully saturated rings. The number of aromatic nitrogens is 1. The molecule has 1 aliphatic rings. The molecule has 0 amide bonds. The SMILES string of the molecule is CCc1ccc(C(=O)c2cn([C@@H]3O[C@H](COC(C)=O)[C@@H](OC(C)=O)[C@H](OC(C)=O)[C@H]3OC(C)=O)c3cccc(F)c23)cc1. The number of fused-ring (bicyclic) bond motifs is 1. The second kappa shape index (κ2) is 13.2. The molecule has 1 saturated heterocycles. The molecule has 0 bridgehead atoms. The zero-order valence-corrected chi connectivity index (χ0v) is 24.3. The molecule has 1 aliphatic heterocycles. The number of aryl methyl sites for hydroxylation is 1. The highest BCUT2D eigenvalue weighted by Crippen LogP contribution is 2.38. The second-order valence-corrected chi connectivity index (χ2v) is 10.1. The first-order valence-electron chi connectivity index (χ1n) is 13.6. The lowest BCUT2D eigenvalue weighted by Crippen LogP contribution is -2.60. The van der Waals surface area contributed by atoms with Gasteiger partial charge in [0.05, 0.1) is 11.1 Å². The molecule has 3 aromatic rings. The third-order valence-corrected chi connectivity index (χ3v) is 6.92. The lowest BCUT2D eigenvalue weighted by molar-refractivity contribution is -0.267. The van der Waals surface area contributed by atoms with Crippen molar-refractivity contribution in [2.45, 2.75) is 71.7 Å². The normalized spacial score (nSPS) is 21.6. The van der Waals surface area contributed by atoms with Crippen molar-refractivity contribution in [1.82, 2.24) is 4.57 Å². The van der Waals surface area contributed by atoms with E-state index in [9.17, 15) is 24.0 Å². The van der Waals surface area contributed by atoms with Crippen molar-refractivity contribution in [2.75, 3.05) is 6.61 Å². The van der Waals surface area contributed by atoms with Gasteiger partial charge in [-0.2, -0.15) is 0 Å². The first kappa shape index (κ1) is 31.4. The van der Waals surface area contributed by atoms with Gasteiger partial charge in [0.2, 0.25) is 0 Å². The van der Waals surface area contributed by atoms with Crippen molar-refractivity contribution in [3.63, 3.8) is 0 Å². The molecular weight excluding hydrogens is 565 g/mol. The molecule has 1 aromatic heterocycles. The maximum atomic E-state index is 15.4. The Labute approximate surface area is 246 Å². The van der Waals surface area contributed by atoms with Gasteiger partial charge in [0.1, 0.15) is 18.5 Å². The van der Waals surface area contributed by atoms with Crippen molar-refractivity contribution in [3.8, 4) is 0 Å². The van der Waals surface area contributed by atoms with Crippen LogP contribution in [-0.4, -0.2) is 65.3 Å². The monoisotopic (exact) mass is 597 g/mol. The maximum Gasteiger partial charge on any atom is 0.303 e. The van der Waals surface area contributed by atoms with Gasteiger partial charge in [-0.05, 0) is 24.1 Å². The summed E-state index contributed by atoms with van der Waals surface area (Å²) in [6.07, 6.45) is -4.68. The van der Waals surface area contributed by atoms with Crippen molar-refractivity contribution < 1.29 is 52.0 Å². The number of esters is 4. The number of rotatable bonds is 9. The fourth-order valence-corrected chi connectivity index (χ4v) is 5.13. The zero-order valence-electron chi connectivity index (χ0n) is 24.3. The molecule has 11 nitrogen and oxygen atoms in total. The molecule has 0 N–H and O–H groups in total. The largest absolute Gasteiger partial charge is 0.463 e. The number of hydrogen-bond acceptors (Lipinski definition) is 10. The minimum absolute atomic E-state index is 0.00482. The summed E-state index contributed by atoms with van der Waals surface area (Å²) in [5, 5.41) is -0.0140. The van der Waals surface area contributed by atoms with Crippen LogP contribution in [0.1, 0.15) is 62.3 Å². The molecule has 2 heterocycles. The highest BCUT2D eigenvalue weighted by atomic mass is 19.1. The van der Waals surface area contributed by atoms with Crippen LogP contribution in [0.2, 0.25) is 0 Å². The van der Waals surface area contributed by atoms with Crippen LogP contribution in [0.3, 0.4) is 0 Å². The number of nitrogens with zero attached hydrogens (tertiary/aromatic N) is 1. The van der Waals surface area contributed by atoms with Crippen LogP contribution < -0.4 is 0 Å². The average molecular weight is 598 g/mol. The van der Waals surface area contributed by atoms with Crippen molar-refractivity contribution in [1.29, 1.82) is 0 Å². The minimum Gasteiger partial charge on any atom is -0.463 e. The lowest BCUT2D eigenvalue weighted by atomic mass is 9.97. The number of carbonyl (C=O) groups excluding carboxylic acids is 5. The first-order valence-corrected chi connectivity index (χ1v) is 13.6. The maximum absolute atomic E-state index is 15.4. The van der Waals surface area contributed by atoms with Gasteiger partial charge in [0, 0.05) is 44.8 Å². The molecule has 2 aromatic carbocycles. The van der Waals surface area contributed by atoms with E-state index < -0.39 is 72.7 Å². The molecule has 0 spiro atoms. The first-order chi connectivity index (χ1) is 20.4. The Morgan fingerprint density at radius 1 is 0.814 bits per heavy atom. The molecule has 0 unspecified atom stereocenters. The summed E-state index contributed by atoms with van der Waals surface area (Å²) in [7, 11) is 0. The molecule has 0 aliphatic carbocycles. The van der Waals surface area contributed by atoms with Crippen molar-refractivity contribution in [2.24, 2.45) is 0 Å². The van der Waals surface area contributed by atoms with Gasteiger partial charge in [0.25, 0.3) is 0 Å². The Balaban J connectivity index is 1.90. The van der Waals surface area contributed by atoms with E-state index in [0.29, 0.717) is 5.56 Å². The van der Waals surface area contributed by atoms with Crippen LogP contribution in [0.4, 0.5) is 4.39 Å². The Morgan fingerprint density at radius 3 is 2.00 bits per heavy atom. The van der Waals surface area contributed by atoms with Crippen LogP contribution in [-0.2, 0) is 49.3 Å². The van der Waals surface area contributed by atoms with E-state index in [2.05, 4.69) is 0 Å². The predicted molar refractivity (Wildman–Crippen MR) is 148 cm³/mol. The number of benzene rings is 2. The predicted octanol–water partition coefficient (Wildman–Crippen LogP) is 3.83. The zero-order chi connectivity index (χ0) is 31.4. The van der Waals surface area contributed by atoms with Gasteiger partial charge in [0.15, 0.2) is 30.3 Å². The van der Waals surface area contributed by atoms with Crippen LogP contribution in [0.5, 0.6) is 0 Å². The Bertz CT molecular complexity index is 1550. The fraction of sp³-hybridized carbons (Fsp3) is 0.387. The standard InChI is InChI=1S/C31H32FNO10/c1-6-20-10-12-21(13-11-20)27(38)22-14-33(24-9-7-8-23(32)26(22)24)31-30(42-19(5)37)29(41-18(4)36)28(40-17(3)35)25(43-31)15-39-16(2)34/h7-14,25,28-31H,6,15H2,1-5H3/t25-,28-,29+,30-,31-/m1/s1. The van der Waals surface area contributed by atoms with E-state index in [1.54, 1.807) is 18.2 Å². The molecule has 43 heavy (non-hydrogen) atoms. The molecule has 4 rings (SSSR count). The highest BCUT2D eigenvalue weighted by molar-refractivity contribution is 6.16. The lowest BCUT2D eigenvalue weighted by Gasteiger charge is -2.44. The number of carbonyl (C=O) groups is 5. The van der Waals surface area contributed by atoms with E-state index in [1.165, 1.54) is 29.8 Å². The third kappa shape index (κ3) is 6.91. The van der Waals surface area contributed by atoms with E-state index in [1.807, 2.05) is 19.1 Å². The fourth-order valence-electron chi connectivity index (χ4n) is 5.13. The van der Waals surface area contributed by atoms with Gasteiger partial charge in [-0.15, -0.1) is 0 Å². The third-order valence-electron chi connectivity index (χ3n) is 6.92. The number of hydrogen-bond donors (Lipinski definition) is 0. The van der Waals surface area contributed by atoms with Crippen molar-refractivity contribution >= 4 is 40.6 Å². The van der Waals surface area contributed by atoms with E-state index in [0.717, 1.165) is 32.8 Å². The highest BCUT2D eigenvalue weighted by Gasteiger charge is 2.53. The molecule has 5 atom stereocenters. The topological polar surface area (TPSA) is 136 Å². The summed E-state index contributed by atoms with van der Waals surface area (Å²) >= 11 is 0. The summed E-state index contributed by atoms with van der Waals surface area (Å²) in [4.78, 5) is 61.9. The number of halogens is 1. The average Bonchev–Trinajstić information content (AvgIpc) is 3.34. The Hall–Kier alpha value is -4.58. The second-order valence-electron chi connectivity index (χ2n) is 10.1.